The van der Waals surface area contributed by atoms with Crippen LogP contribution >= 0.6 is 0 Å². The quantitative estimate of drug-likeness (QED) is 0.662. The minimum Gasteiger partial charge on any atom is -0.497 e. The summed E-state index contributed by atoms with van der Waals surface area (Å²) >= 11 is 0. The van der Waals surface area contributed by atoms with Crippen LogP contribution in [0, 0.1) is 0 Å². The molecule has 0 unspecified atom stereocenters. The molecule has 0 aliphatic carbocycles. The van der Waals surface area contributed by atoms with Gasteiger partial charge in [0, 0.05) is 5.92 Å². The number of benzene rings is 2. The Hall–Kier alpha value is -2.28. The second-order valence-electron chi connectivity index (χ2n) is 4.67. The number of ether oxygens (including phenoxy) is 1. The van der Waals surface area contributed by atoms with Gasteiger partial charge in [-0.05, 0) is 29.7 Å². The van der Waals surface area contributed by atoms with E-state index in [4.69, 9.17) is 4.74 Å². The van der Waals surface area contributed by atoms with Gasteiger partial charge in [0.1, 0.15) is 5.75 Å². The predicted octanol–water partition coefficient (Wildman–Crippen LogP) is 5.07. The molecule has 0 aromatic heterocycles. The predicted molar refractivity (Wildman–Crippen MR) is 86.0 cm³/mol. The van der Waals surface area contributed by atoms with Crippen LogP contribution in [0.1, 0.15) is 23.5 Å². The van der Waals surface area contributed by atoms with Crippen molar-refractivity contribution < 1.29 is 4.74 Å². The van der Waals surface area contributed by atoms with E-state index in [1.54, 1.807) is 7.11 Å². The van der Waals surface area contributed by atoms with Crippen molar-refractivity contribution in [2.24, 2.45) is 0 Å². The molecular formula is C19H20O. The molecule has 0 heterocycles. The number of hydrogen-bond donors (Lipinski definition) is 0. The van der Waals surface area contributed by atoms with E-state index >= 15 is 0 Å². The molecule has 1 atom stereocenters. The molecule has 20 heavy (non-hydrogen) atoms. The van der Waals surface area contributed by atoms with Crippen LogP contribution in [0.5, 0.6) is 5.75 Å². The summed E-state index contributed by atoms with van der Waals surface area (Å²) in [6.07, 6.45) is 7.30. The average molecular weight is 264 g/mol. The molecule has 0 amide bonds. The Morgan fingerprint density at radius 1 is 1.05 bits per heavy atom. The van der Waals surface area contributed by atoms with E-state index < -0.39 is 0 Å². The molecule has 0 saturated heterocycles. The second-order valence-corrected chi connectivity index (χ2v) is 4.67. The van der Waals surface area contributed by atoms with Gasteiger partial charge in [-0.15, -0.1) is 6.58 Å². The Balaban J connectivity index is 2.14. The summed E-state index contributed by atoms with van der Waals surface area (Å²) in [7, 11) is 1.68. The van der Waals surface area contributed by atoms with Gasteiger partial charge in [0.15, 0.2) is 0 Å². The zero-order valence-electron chi connectivity index (χ0n) is 11.8. The Kier molecular flexibility index (Phi) is 5.19. The molecule has 0 bridgehead atoms. The van der Waals surface area contributed by atoms with Crippen molar-refractivity contribution in [2.75, 3.05) is 7.11 Å². The van der Waals surface area contributed by atoms with Gasteiger partial charge in [0.05, 0.1) is 7.11 Å². The standard InChI is InChI=1S/C19H20O/c1-3-7-17(18-8-5-4-6-9-18)13-10-16-11-14-19(20-2)15-12-16/h3-6,8-15,17H,1,7H2,2H3/b13-10+/t17-/m0/s1. The molecule has 2 rings (SSSR count). The van der Waals surface area contributed by atoms with E-state index in [1.165, 1.54) is 11.1 Å². The van der Waals surface area contributed by atoms with Gasteiger partial charge in [-0.25, -0.2) is 0 Å². The molecule has 0 N–H and O–H groups in total. The van der Waals surface area contributed by atoms with Crippen molar-refractivity contribution in [1.29, 1.82) is 0 Å². The maximum atomic E-state index is 5.17. The maximum absolute atomic E-state index is 5.17. The zero-order valence-corrected chi connectivity index (χ0v) is 11.8. The van der Waals surface area contributed by atoms with Crippen LogP contribution in [0.3, 0.4) is 0 Å². The number of methoxy groups -OCH3 is 1. The second kappa shape index (κ2) is 7.34. The summed E-state index contributed by atoms with van der Waals surface area (Å²) in [6, 6.07) is 18.6. The van der Waals surface area contributed by atoms with Gasteiger partial charge < -0.3 is 4.74 Å². The van der Waals surface area contributed by atoms with Gasteiger partial charge in [-0.2, -0.15) is 0 Å². The largest absolute Gasteiger partial charge is 0.497 e. The first-order chi connectivity index (χ1) is 9.83. The first kappa shape index (κ1) is 14.1. The third-order valence-corrected chi connectivity index (χ3v) is 3.29. The zero-order chi connectivity index (χ0) is 14.2. The molecule has 0 fully saturated rings. The fourth-order valence-corrected chi connectivity index (χ4v) is 2.15. The van der Waals surface area contributed by atoms with Gasteiger partial charge in [0.25, 0.3) is 0 Å². The number of rotatable bonds is 6. The summed E-state index contributed by atoms with van der Waals surface area (Å²) in [5.74, 6) is 1.25. The Morgan fingerprint density at radius 2 is 1.75 bits per heavy atom. The van der Waals surface area contributed by atoms with Gasteiger partial charge >= 0.3 is 0 Å². The normalized spacial score (nSPS) is 12.2. The highest BCUT2D eigenvalue weighted by Crippen LogP contribution is 2.23. The van der Waals surface area contributed by atoms with E-state index in [-0.39, 0.29) is 0 Å². The van der Waals surface area contributed by atoms with E-state index in [0.717, 1.165) is 12.2 Å². The summed E-state index contributed by atoms with van der Waals surface area (Å²) in [5.41, 5.74) is 2.49. The highest BCUT2D eigenvalue weighted by atomic mass is 16.5. The lowest BCUT2D eigenvalue weighted by atomic mass is 9.94. The Bertz CT molecular complexity index is 552. The van der Waals surface area contributed by atoms with Gasteiger partial charge in [0.2, 0.25) is 0 Å². The van der Waals surface area contributed by atoms with Crippen molar-refractivity contribution >= 4 is 6.08 Å². The average Bonchev–Trinajstić information content (AvgIpc) is 2.53. The van der Waals surface area contributed by atoms with Crippen molar-refractivity contribution in [3.05, 3.63) is 84.5 Å². The smallest absolute Gasteiger partial charge is 0.118 e. The molecule has 0 spiro atoms. The topological polar surface area (TPSA) is 9.23 Å². The third kappa shape index (κ3) is 3.86. The monoisotopic (exact) mass is 264 g/mol. The molecule has 0 saturated carbocycles. The SMILES string of the molecule is C=CC[C@@H](/C=C/c1ccc(OC)cc1)c1ccccc1. The van der Waals surface area contributed by atoms with E-state index in [9.17, 15) is 0 Å². The lowest BCUT2D eigenvalue weighted by Crippen LogP contribution is -1.93. The van der Waals surface area contributed by atoms with E-state index in [2.05, 4.69) is 55.1 Å². The lowest BCUT2D eigenvalue weighted by Gasteiger charge is -2.10. The van der Waals surface area contributed by atoms with Crippen LogP contribution in [-0.2, 0) is 0 Å². The summed E-state index contributed by atoms with van der Waals surface area (Å²) in [6.45, 7) is 3.85. The molecule has 0 radical (unpaired) electrons. The minimum atomic E-state index is 0.371. The first-order valence-electron chi connectivity index (χ1n) is 6.81. The fourth-order valence-electron chi connectivity index (χ4n) is 2.15. The summed E-state index contributed by atoms with van der Waals surface area (Å²) < 4.78 is 5.17. The van der Waals surface area contributed by atoms with Crippen LogP contribution in [0.15, 0.2) is 73.3 Å². The molecule has 102 valence electrons. The van der Waals surface area contributed by atoms with Gasteiger partial charge in [-0.1, -0.05) is 60.7 Å². The van der Waals surface area contributed by atoms with Crippen LogP contribution in [0.25, 0.3) is 6.08 Å². The Morgan fingerprint density at radius 3 is 2.35 bits per heavy atom. The first-order valence-corrected chi connectivity index (χ1v) is 6.81. The third-order valence-electron chi connectivity index (χ3n) is 3.29. The highest BCUT2D eigenvalue weighted by molar-refractivity contribution is 5.52. The maximum Gasteiger partial charge on any atom is 0.118 e. The molecule has 0 aliphatic rings. The summed E-state index contributed by atoms with van der Waals surface area (Å²) in [4.78, 5) is 0. The van der Waals surface area contributed by atoms with Crippen LogP contribution < -0.4 is 4.74 Å². The van der Waals surface area contributed by atoms with Crippen molar-refractivity contribution in [2.45, 2.75) is 12.3 Å². The summed E-state index contributed by atoms with van der Waals surface area (Å²) in [5, 5.41) is 0. The molecule has 2 aromatic carbocycles. The molecule has 1 nitrogen and oxygen atoms in total. The van der Waals surface area contributed by atoms with Gasteiger partial charge in [-0.3, -0.25) is 0 Å². The van der Waals surface area contributed by atoms with Crippen molar-refractivity contribution in [3.63, 3.8) is 0 Å². The lowest BCUT2D eigenvalue weighted by molar-refractivity contribution is 0.415. The fraction of sp³-hybridized carbons (Fsp3) is 0.158. The Labute approximate surface area is 121 Å². The van der Waals surface area contributed by atoms with Crippen LogP contribution in [0.2, 0.25) is 0 Å². The molecule has 1 heteroatoms. The number of hydrogen-bond acceptors (Lipinski definition) is 1. The number of allylic oxidation sites excluding steroid dienone is 2. The molecular weight excluding hydrogens is 244 g/mol. The van der Waals surface area contributed by atoms with Crippen LogP contribution in [0.4, 0.5) is 0 Å². The molecule has 0 aliphatic heterocycles. The van der Waals surface area contributed by atoms with Crippen molar-refractivity contribution in [1.82, 2.24) is 0 Å². The van der Waals surface area contributed by atoms with E-state index in [0.29, 0.717) is 5.92 Å². The molecule has 2 aromatic rings. The minimum absolute atomic E-state index is 0.371. The highest BCUT2D eigenvalue weighted by Gasteiger charge is 2.04. The van der Waals surface area contributed by atoms with Crippen molar-refractivity contribution in [3.8, 4) is 5.75 Å². The van der Waals surface area contributed by atoms with Crippen LogP contribution in [-0.4, -0.2) is 7.11 Å². The van der Waals surface area contributed by atoms with E-state index in [1.807, 2.05) is 24.3 Å².